The van der Waals surface area contributed by atoms with Gasteiger partial charge in [0.25, 0.3) is 0 Å². The Hall–Kier alpha value is -2.13. The van der Waals surface area contributed by atoms with Gasteiger partial charge in [-0.15, -0.1) is 0 Å². The maximum absolute atomic E-state index is 12.7. The predicted molar refractivity (Wildman–Crippen MR) is 117 cm³/mol. The lowest BCUT2D eigenvalue weighted by atomic mass is 10.2. The van der Waals surface area contributed by atoms with Gasteiger partial charge in [0.2, 0.25) is 5.91 Å². The first kappa shape index (κ1) is 23.2. The molecule has 2 aromatic rings. The highest BCUT2D eigenvalue weighted by molar-refractivity contribution is 7.90. The van der Waals surface area contributed by atoms with Crippen LogP contribution in [0.3, 0.4) is 0 Å². The Balaban J connectivity index is 1.94. The summed E-state index contributed by atoms with van der Waals surface area (Å²) in [5.74, 6) is -0.376. The second-order valence-corrected chi connectivity index (χ2v) is 9.35. The normalized spacial score (nSPS) is 11.7. The summed E-state index contributed by atoms with van der Waals surface area (Å²) in [5.41, 5.74) is 1.56. The summed E-state index contributed by atoms with van der Waals surface area (Å²) >= 11 is 5.89. The maximum Gasteiger partial charge on any atom is 0.304 e. The minimum atomic E-state index is -3.83. The van der Waals surface area contributed by atoms with Crippen molar-refractivity contribution in [3.05, 3.63) is 65.2 Å². The number of amides is 1. The van der Waals surface area contributed by atoms with Gasteiger partial charge in [-0.1, -0.05) is 41.9 Å². The van der Waals surface area contributed by atoms with Crippen LogP contribution in [0.1, 0.15) is 5.56 Å². The van der Waals surface area contributed by atoms with E-state index in [1.165, 1.54) is 19.7 Å². The van der Waals surface area contributed by atoms with E-state index in [1.54, 1.807) is 24.3 Å². The van der Waals surface area contributed by atoms with Gasteiger partial charge < -0.3 is 10.2 Å². The number of rotatable bonds is 10. The zero-order chi connectivity index (χ0) is 21.4. The molecule has 158 valence electrons. The van der Waals surface area contributed by atoms with Crippen molar-refractivity contribution >= 4 is 33.4 Å². The Bertz CT molecular complexity index is 890. The second kappa shape index (κ2) is 10.6. The number of hydrogen-bond donors (Lipinski definition) is 1. The first-order chi connectivity index (χ1) is 13.7. The monoisotopic (exact) mass is 438 g/mol. The lowest BCUT2D eigenvalue weighted by Crippen LogP contribution is -2.46. The summed E-state index contributed by atoms with van der Waals surface area (Å²) < 4.78 is 27.5. The Morgan fingerprint density at radius 1 is 1.00 bits per heavy atom. The average molecular weight is 439 g/mol. The van der Waals surface area contributed by atoms with E-state index < -0.39 is 10.2 Å². The van der Waals surface area contributed by atoms with Gasteiger partial charge >= 0.3 is 10.2 Å². The lowest BCUT2D eigenvalue weighted by molar-refractivity contribution is -0.119. The van der Waals surface area contributed by atoms with Crippen molar-refractivity contribution < 1.29 is 13.2 Å². The van der Waals surface area contributed by atoms with Crippen molar-refractivity contribution in [2.45, 2.75) is 6.54 Å². The third-order valence-corrected chi connectivity index (χ3v) is 6.32. The van der Waals surface area contributed by atoms with Crippen molar-refractivity contribution in [2.75, 3.05) is 45.1 Å². The van der Waals surface area contributed by atoms with E-state index in [4.69, 9.17) is 11.6 Å². The smallest absolute Gasteiger partial charge is 0.304 e. The molecule has 0 aliphatic heterocycles. The molecule has 2 rings (SSSR count). The van der Waals surface area contributed by atoms with E-state index in [0.29, 0.717) is 23.8 Å². The fourth-order valence-electron chi connectivity index (χ4n) is 2.66. The number of hydrogen-bond acceptors (Lipinski definition) is 4. The third kappa shape index (κ3) is 7.01. The Labute approximate surface area is 178 Å². The van der Waals surface area contributed by atoms with E-state index in [2.05, 4.69) is 10.2 Å². The Morgan fingerprint density at radius 2 is 1.62 bits per heavy atom. The highest BCUT2D eigenvalue weighted by Crippen LogP contribution is 2.21. The van der Waals surface area contributed by atoms with Crippen LogP contribution in [0, 0.1) is 0 Å². The summed E-state index contributed by atoms with van der Waals surface area (Å²) in [6.45, 7) is 1.51. The van der Waals surface area contributed by atoms with Gasteiger partial charge in [0.1, 0.15) is 6.54 Å². The van der Waals surface area contributed by atoms with Crippen molar-refractivity contribution in [1.82, 2.24) is 14.5 Å². The number of benzene rings is 2. The highest BCUT2D eigenvalue weighted by Gasteiger charge is 2.27. The Kier molecular flexibility index (Phi) is 8.45. The van der Waals surface area contributed by atoms with Crippen molar-refractivity contribution in [1.29, 1.82) is 0 Å². The van der Waals surface area contributed by atoms with Gasteiger partial charge in [-0.25, -0.2) is 4.31 Å². The first-order valence-corrected chi connectivity index (χ1v) is 10.9. The molecule has 0 bridgehead atoms. The van der Waals surface area contributed by atoms with Crippen LogP contribution in [-0.4, -0.2) is 64.3 Å². The summed E-state index contributed by atoms with van der Waals surface area (Å²) in [5, 5.41) is 3.28. The molecule has 0 radical (unpaired) electrons. The number of nitrogens with one attached hydrogen (secondary N) is 1. The molecule has 0 atom stereocenters. The van der Waals surface area contributed by atoms with Crippen LogP contribution in [0.15, 0.2) is 54.6 Å². The molecule has 0 fully saturated rings. The molecule has 0 saturated carbocycles. The zero-order valence-corrected chi connectivity index (χ0v) is 18.4. The number of carbonyl (C=O) groups is 1. The minimum absolute atomic E-state index is 0.315. The number of anilines is 1. The van der Waals surface area contributed by atoms with Gasteiger partial charge in [-0.3, -0.25) is 4.79 Å². The molecule has 0 saturated heterocycles. The van der Waals surface area contributed by atoms with E-state index in [-0.39, 0.29) is 12.5 Å². The Morgan fingerprint density at radius 3 is 2.21 bits per heavy atom. The van der Waals surface area contributed by atoms with Gasteiger partial charge in [0.15, 0.2) is 0 Å². The lowest BCUT2D eigenvalue weighted by Gasteiger charge is -2.27. The van der Waals surface area contributed by atoms with Gasteiger partial charge in [0.05, 0.1) is 5.69 Å². The summed E-state index contributed by atoms with van der Waals surface area (Å²) in [6, 6.07) is 16.4. The molecule has 29 heavy (non-hydrogen) atoms. The van der Waals surface area contributed by atoms with Crippen LogP contribution < -0.4 is 9.62 Å². The van der Waals surface area contributed by atoms with E-state index in [0.717, 1.165) is 15.2 Å². The fraction of sp³-hybridized carbons (Fsp3) is 0.350. The summed E-state index contributed by atoms with van der Waals surface area (Å²) in [4.78, 5) is 14.5. The fourth-order valence-corrected chi connectivity index (χ4v) is 3.85. The number of nitrogens with zero attached hydrogens (tertiary/aromatic N) is 3. The van der Waals surface area contributed by atoms with Crippen molar-refractivity contribution in [3.8, 4) is 0 Å². The molecule has 1 N–H and O–H groups in total. The van der Waals surface area contributed by atoms with Gasteiger partial charge in [-0.05, 0) is 36.9 Å². The van der Waals surface area contributed by atoms with Crippen molar-refractivity contribution in [2.24, 2.45) is 0 Å². The molecular weight excluding hydrogens is 412 g/mol. The molecular formula is C20H27ClN4O3S. The quantitative estimate of drug-likeness (QED) is 0.617. The molecule has 0 spiro atoms. The van der Waals surface area contributed by atoms with Crippen LogP contribution in [-0.2, 0) is 21.5 Å². The van der Waals surface area contributed by atoms with Crippen LogP contribution in [0.4, 0.5) is 5.69 Å². The van der Waals surface area contributed by atoms with E-state index in [1.807, 2.05) is 37.4 Å². The molecule has 0 aliphatic carbocycles. The van der Waals surface area contributed by atoms with Crippen LogP contribution in [0.2, 0.25) is 5.02 Å². The standard InChI is InChI=1S/C20H27ClN4O3S/c1-23(2)29(27,28)25(19-11-9-18(21)10-12-19)16-20(26)22-13-14-24(3)15-17-7-5-4-6-8-17/h4-12H,13-16H2,1-3H3,(H,22,26). The van der Waals surface area contributed by atoms with E-state index >= 15 is 0 Å². The summed E-state index contributed by atoms with van der Waals surface area (Å²) in [7, 11) is 0.989. The third-order valence-electron chi connectivity index (χ3n) is 4.25. The second-order valence-electron chi connectivity index (χ2n) is 6.85. The topological polar surface area (TPSA) is 73.0 Å². The molecule has 9 heteroatoms. The van der Waals surface area contributed by atoms with Gasteiger partial charge in [0, 0.05) is 38.8 Å². The maximum atomic E-state index is 12.7. The van der Waals surface area contributed by atoms with Crippen LogP contribution >= 0.6 is 11.6 Å². The molecule has 7 nitrogen and oxygen atoms in total. The zero-order valence-electron chi connectivity index (χ0n) is 16.9. The molecule has 2 aromatic carbocycles. The number of likely N-dealkylation sites (N-methyl/N-ethyl adjacent to an activating group) is 1. The van der Waals surface area contributed by atoms with E-state index in [9.17, 15) is 13.2 Å². The minimum Gasteiger partial charge on any atom is -0.353 e. The SMILES string of the molecule is CN(CCNC(=O)CN(c1ccc(Cl)cc1)S(=O)(=O)N(C)C)Cc1ccccc1. The largest absolute Gasteiger partial charge is 0.353 e. The number of halogens is 1. The van der Waals surface area contributed by atoms with Crippen molar-refractivity contribution in [3.63, 3.8) is 0 Å². The number of carbonyl (C=O) groups excluding carboxylic acids is 1. The average Bonchev–Trinajstić information content (AvgIpc) is 2.67. The molecule has 0 heterocycles. The first-order valence-electron chi connectivity index (χ1n) is 9.15. The molecule has 0 aromatic heterocycles. The molecule has 0 unspecified atom stereocenters. The van der Waals surface area contributed by atoms with Crippen LogP contribution in [0.25, 0.3) is 0 Å². The van der Waals surface area contributed by atoms with Gasteiger partial charge in [-0.2, -0.15) is 12.7 Å². The highest BCUT2D eigenvalue weighted by atomic mass is 35.5. The summed E-state index contributed by atoms with van der Waals surface area (Å²) in [6.07, 6.45) is 0. The van der Waals surface area contributed by atoms with Crippen LogP contribution in [0.5, 0.6) is 0 Å². The molecule has 1 amide bonds. The predicted octanol–water partition coefficient (Wildman–Crippen LogP) is 2.20. The molecule has 0 aliphatic rings.